The molecule has 0 aliphatic carbocycles. The van der Waals surface area contributed by atoms with Gasteiger partial charge in [0.15, 0.2) is 5.76 Å². The maximum absolute atomic E-state index is 12.4. The molecular formula is C17H12BrF2NO3. The highest BCUT2D eigenvalue weighted by Crippen LogP contribution is 2.28. The number of rotatable bonds is 4. The van der Waals surface area contributed by atoms with E-state index in [0.717, 1.165) is 15.4 Å². The van der Waals surface area contributed by atoms with Crippen molar-refractivity contribution < 1.29 is 22.7 Å². The van der Waals surface area contributed by atoms with Crippen LogP contribution in [0.2, 0.25) is 0 Å². The van der Waals surface area contributed by atoms with Crippen molar-refractivity contribution >= 4 is 38.5 Å². The van der Waals surface area contributed by atoms with Crippen LogP contribution in [0.25, 0.3) is 11.0 Å². The average molecular weight is 396 g/mol. The van der Waals surface area contributed by atoms with E-state index in [0.29, 0.717) is 11.3 Å². The van der Waals surface area contributed by atoms with Crippen LogP contribution in [0.4, 0.5) is 14.5 Å². The number of hydrogen-bond acceptors (Lipinski definition) is 3. The molecule has 1 heterocycles. The summed E-state index contributed by atoms with van der Waals surface area (Å²) in [6.07, 6.45) is 0. The standard InChI is InChI=1S/C17H12BrF2NO3/c1-9-13-8-10(18)2-7-14(13)24-15(9)16(22)21-11-3-5-12(6-4-11)23-17(19)20/h2-8,17H,1H3,(H,21,22). The minimum atomic E-state index is -2.89. The van der Waals surface area contributed by atoms with Crippen LogP contribution in [-0.4, -0.2) is 12.5 Å². The molecule has 0 bridgehead atoms. The predicted octanol–water partition coefficient (Wildman–Crippen LogP) is 5.36. The summed E-state index contributed by atoms with van der Waals surface area (Å²) in [6.45, 7) is -1.09. The van der Waals surface area contributed by atoms with E-state index in [1.165, 1.54) is 24.3 Å². The first-order valence-corrected chi connectivity index (χ1v) is 7.78. The molecule has 0 atom stereocenters. The number of furan rings is 1. The summed E-state index contributed by atoms with van der Waals surface area (Å²) in [5.41, 5.74) is 1.78. The van der Waals surface area contributed by atoms with E-state index in [1.54, 1.807) is 13.0 Å². The number of benzene rings is 2. The van der Waals surface area contributed by atoms with Gasteiger partial charge in [-0.2, -0.15) is 8.78 Å². The Kier molecular flexibility index (Phi) is 4.53. The van der Waals surface area contributed by atoms with Gasteiger partial charge in [-0.25, -0.2) is 0 Å². The van der Waals surface area contributed by atoms with Crippen LogP contribution in [0.3, 0.4) is 0 Å². The van der Waals surface area contributed by atoms with E-state index >= 15 is 0 Å². The summed E-state index contributed by atoms with van der Waals surface area (Å²) in [5.74, 6) is -0.189. The lowest BCUT2D eigenvalue weighted by molar-refractivity contribution is -0.0498. The van der Waals surface area contributed by atoms with Crippen LogP contribution in [0, 0.1) is 6.92 Å². The Morgan fingerprint density at radius 2 is 1.92 bits per heavy atom. The van der Waals surface area contributed by atoms with Crippen molar-refractivity contribution in [2.75, 3.05) is 5.32 Å². The summed E-state index contributed by atoms with van der Waals surface area (Å²) in [4.78, 5) is 12.4. The van der Waals surface area contributed by atoms with E-state index in [2.05, 4.69) is 26.0 Å². The Morgan fingerprint density at radius 1 is 1.21 bits per heavy atom. The smallest absolute Gasteiger partial charge is 0.387 e. The fourth-order valence-corrected chi connectivity index (χ4v) is 2.68. The van der Waals surface area contributed by atoms with E-state index in [4.69, 9.17) is 4.42 Å². The topological polar surface area (TPSA) is 51.5 Å². The lowest BCUT2D eigenvalue weighted by Gasteiger charge is -2.07. The number of anilines is 1. The normalized spacial score (nSPS) is 11.0. The summed E-state index contributed by atoms with van der Waals surface area (Å²) < 4.78 is 35.0. The second-order valence-corrected chi connectivity index (χ2v) is 5.97. The Morgan fingerprint density at radius 3 is 2.58 bits per heavy atom. The van der Waals surface area contributed by atoms with Gasteiger partial charge in [0, 0.05) is 21.1 Å². The molecular weight excluding hydrogens is 384 g/mol. The minimum Gasteiger partial charge on any atom is -0.451 e. The van der Waals surface area contributed by atoms with E-state index in [9.17, 15) is 13.6 Å². The molecule has 0 radical (unpaired) electrons. The number of ether oxygens (including phenoxy) is 1. The SMILES string of the molecule is Cc1c(C(=O)Nc2ccc(OC(F)F)cc2)oc2ccc(Br)cc12. The first-order valence-electron chi connectivity index (χ1n) is 6.99. The van der Waals surface area contributed by atoms with Crippen molar-refractivity contribution in [2.24, 2.45) is 0 Å². The zero-order valence-corrected chi connectivity index (χ0v) is 14.1. The third kappa shape index (κ3) is 3.41. The number of fused-ring (bicyclic) bond motifs is 1. The molecule has 3 aromatic rings. The molecule has 124 valence electrons. The molecule has 0 fully saturated rings. The molecule has 2 aromatic carbocycles. The number of halogens is 3. The number of hydrogen-bond donors (Lipinski definition) is 1. The number of amides is 1. The van der Waals surface area contributed by atoms with Gasteiger partial charge in [-0.15, -0.1) is 0 Å². The number of carbonyl (C=O) groups is 1. The zero-order valence-electron chi connectivity index (χ0n) is 12.5. The van der Waals surface area contributed by atoms with E-state index < -0.39 is 12.5 Å². The Labute approximate surface area is 144 Å². The van der Waals surface area contributed by atoms with Gasteiger partial charge in [-0.1, -0.05) is 15.9 Å². The van der Waals surface area contributed by atoms with Crippen molar-refractivity contribution in [3.05, 3.63) is 58.3 Å². The lowest BCUT2D eigenvalue weighted by atomic mass is 10.1. The molecule has 0 spiro atoms. The van der Waals surface area contributed by atoms with Gasteiger partial charge in [-0.05, 0) is 49.4 Å². The zero-order chi connectivity index (χ0) is 17.3. The fourth-order valence-electron chi connectivity index (χ4n) is 2.32. The van der Waals surface area contributed by atoms with Crippen molar-refractivity contribution in [2.45, 2.75) is 13.5 Å². The van der Waals surface area contributed by atoms with Crippen molar-refractivity contribution in [3.8, 4) is 5.75 Å². The summed E-state index contributed by atoms with van der Waals surface area (Å²) in [6, 6.07) is 11.1. The van der Waals surface area contributed by atoms with Crippen LogP contribution >= 0.6 is 15.9 Å². The highest BCUT2D eigenvalue weighted by molar-refractivity contribution is 9.10. The first kappa shape index (κ1) is 16.4. The monoisotopic (exact) mass is 395 g/mol. The summed E-state index contributed by atoms with van der Waals surface area (Å²) in [7, 11) is 0. The van der Waals surface area contributed by atoms with Crippen LogP contribution in [0.5, 0.6) is 5.75 Å². The third-order valence-electron chi connectivity index (χ3n) is 3.44. The number of nitrogens with one attached hydrogen (secondary N) is 1. The number of alkyl halides is 2. The van der Waals surface area contributed by atoms with Gasteiger partial charge in [0.25, 0.3) is 5.91 Å². The second kappa shape index (κ2) is 6.60. The van der Waals surface area contributed by atoms with Gasteiger partial charge < -0.3 is 14.5 Å². The molecule has 0 saturated carbocycles. The molecule has 7 heteroatoms. The Balaban J connectivity index is 1.81. The third-order valence-corrected chi connectivity index (χ3v) is 3.94. The van der Waals surface area contributed by atoms with Crippen LogP contribution in [-0.2, 0) is 0 Å². The maximum atomic E-state index is 12.4. The van der Waals surface area contributed by atoms with Crippen molar-refractivity contribution in [1.29, 1.82) is 0 Å². The quantitative estimate of drug-likeness (QED) is 0.646. The molecule has 24 heavy (non-hydrogen) atoms. The molecule has 0 saturated heterocycles. The van der Waals surface area contributed by atoms with Crippen LogP contribution in [0.1, 0.15) is 16.1 Å². The first-order chi connectivity index (χ1) is 11.4. The van der Waals surface area contributed by atoms with Crippen LogP contribution in [0.15, 0.2) is 51.4 Å². The summed E-state index contributed by atoms with van der Waals surface area (Å²) >= 11 is 3.38. The lowest BCUT2D eigenvalue weighted by Crippen LogP contribution is -2.12. The van der Waals surface area contributed by atoms with Gasteiger partial charge in [0.2, 0.25) is 0 Å². The largest absolute Gasteiger partial charge is 0.451 e. The molecule has 0 unspecified atom stereocenters. The van der Waals surface area contributed by atoms with Crippen molar-refractivity contribution in [1.82, 2.24) is 0 Å². The highest BCUT2D eigenvalue weighted by atomic mass is 79.9. The minimum absolute atomic E-state index is 0.0211. The van der Waals surface area contributed by atoms with Gasteiger partial charge in [0.05, 0.1) is 0 Å². The molecule has 3 rings (SSSR count). The number of aryl methyl sites for hydroxylation is 1. The summed E-state index contributed by atoms with van der Waals surface area (Å²) in [5, 5.41) is 3.51. The fraction of sp³-hybridized carbons (Fsp3) is 0.118. The highest BCUT2D eigenvalue weighted by Gasteiger charge is 2.18. The Hall–Kier alpha value is -2.41. The van der Waals surface area contributed by atoms with E-state index in [-0.39, 0.29) is 11.5 Å². The molecule has 4 nitrogen and oxygen atoms in total. The van der Waals surface area contributed by atoms with Gasteiger partial charge in [0.1, 0.15) is 11.3 Å². The molecule has 0 aliphatic rings. The molecule has 1 N–H and O–H groups in total. The molecule has 1 aromatic heterocycles. The number of carbonyl (C=O) groups excluding carboxylic acids is 1. The average Bonchev–Trinajstić information content (AvgIpc) is 2.86. The van der Waals surface area contributed by atoms with Crippen LogP contribution < -0.4 is 10.1 Å². The molecule has 0 aliphatic heterocycles. The maximum Gasteiger partial charge on any atom is 0.387 e. The predicted molar refractivity (Wildman–Crippen MR) is 89.7 cm³/mol. The second-order valence-electron chi connectivity index (χ2n) is 5.05. The van der Waals surface area contributed by atoms with Crippen molar-refractivity contribution in [3.63, 3.8) is 0 Å². The van der Waals surface area contributed by atoms with Gasteiger partial charge in [-0.3, -0.25) is 4.79 Å². The van der Waals surface area contributed by atoms with E-state index in [1.807, 2.05) is 12.1 Å². The van der Waals surface area contributed by atoms with Gasteiger partial charge >= 0.3 is 6.61 Å². The molecule has 1 amide bonds. The Bertz CT molecular complexity index is 891.